The molecule has 0 aromatic heterocycles. The number of likely N-dealkylation sites (tertiary alicyclic amines) is 1. The van der Waals surface area contributed by atoms with Crippen LogP contribution in [0.5, 0.6) is 0 Å². The van der Waals surface area contributed by atoms with E-state index in [0.717, 1.165) is 45.2 Å². The third kappa shape index (κ3) is 5.11. The van der Waals surface area contributed by atoms with Gasteiger partial charge in [-0.3, -0.25) is 4.79 Å². The molecule has 2 aliphatic carbocycles. The fraction of sp³-hybridized carbons (Fsp3) is 0.900. The van der Waals surface area contributed by atoms with Crippen LogP contribution in [-0.2, 0) is 4.79 Å². The minimum absolute atomic E-state index is 0.0933. The van der Waals surface area contributed by atoms with Crippen molar-refractivity contribution in [3.05, 3.63) is 0 Å². The van der Waals surface area contributed by atoms with E-state index in [0.29, 0.717) is 12.0 Å². The van der Waals surface area contributed by atoms with E-state index >= 15 is 0 Å². The SMILES string of the molecule is CC1CCCCC1NC(=O)N1CCC(NC(=O)C2CCCCC2)CC1. The topological polar surface area (TPSA) is 61.4 Å². The van der Waals surface area contributed by atoms with Gasteiger partial charge in [-0.05, 0) is 44.4 Å². The van der Waals surface area contributed by atoms with Crippen molar-refractivity contribution in [3.63, 3.8) is 0 Å². The van der Waals surface area contributed by atoms with Crippen molar-refractivity contribution in [2.45, 2.75) is 89.6 Å². The summed E-state index contributed by atoms with van der Waals surface area (Å²) in [6.07, 6.45) is 12.4. The van der Waals surface area contributed by atoms with E-state index in [4.69, 9.17) is 0 Å². The monoisotopic (exact) mass is 349 g/mol. The van der Waals surface area contributed by atoms with Gasteiger partial charge in [0.15, 0.2) is 0 Å². The largest absolute Gasteiger partial charge is 0.353 e. The molecule has 3 amide bonds. The number of rotatable bonds is 3. The number of urea groups is 1. The maximum Gasteiger partial charge on any atom is 0.317 e. The number of hydrogen-bond acceptors (Lipinski definition) is 2. The minimum atomic E-state index is 0.0933. The Morgan fingerprint density at radius 2 is 1.44 bits per heavy atom. The van der Waals surface area contributed by atoms with E-state index in [1.165, 1.54) is 38.5 Å². The maximum atomic E-state index is 12.5. The molecule has 0 radical (unpaired) electrons. The molecule has 1 aliphatic heterocycles. The lowest BCUT2D eigenvalue weighted by atomic mass is 9.86. The van der Waals surface area contributed by atoms with Gasteiger partial charge in [-0.15, -0.1) is 0 Å². The second-order valence-corrected chi connectivity index (χ2v) is 8.42. The Kier molecular flexibility index (Phi) is 6.60. The molecule has 3 fully saturated rings. The number of hydrogen-bond donors (Lipinski definition) is 2. The molecule has 5 nitrogen and oxygen atoms in total. The second kappa shape index (κ2) is 8.91. The molecule has 2 atom stereocenters. The highest BCUT2D eigenvalue weighted by atomic mass is 16.2. The molecule has 0 aromatic carbocycles. The fourth-order valence-electron chi connectivity index (χ4n) is 4.69. The van der Waals surface area contributed by atoms with Gasteiger partial charge in [0.25, 0.3) is 0 Å². The summed E-state index contributed by atoms with van der Waals surface area (Å²) in [5.41, 5.74) is 0. The minimum Gasteiger partial charge on any atom is -0.353 e. The summed E-state index contributed by atoms with van der Waals surface area (Å²) >= 11 is 0. The van der Waals surface area contributed by atoms with Crippen molar-refractivity contribution >= 4 is 11.9 Å². The predicted molar refractivity (Wildman–Crippen MR) is 99.3 cm³/mol. The first kappa shape index (κ1) is 18.5. The molecule has 5 heteroatoms. The lowest BCUT2D eigenvalue weighted by molar-refractivity contribution is -0.126. The van der Waals surface area contributed by atoms with E-state index < -0.39 is 0 Å². The number of carbonyl (C=O) groups excluding carboxylic acids is 2. The molecular formula is C20H35N3O2. The van der Waals surface area contributed by atoms with Crippen molar-refractivity contribution in [1.29, 1.82) is 0 Å². The molecule has 2 unspecified atom stereocenters. The van der Waals surface area contributed by atoms with E-state index in [1.807, 2.05) is 4.90 Å². The van der Waals surface area contributed by atoms with Gasteiger partial charge < -0.3 is 15.5 Å². The average molecular weight is 350 g/mol. The number of amides is 3. The molecule has 2 N–H and O–H groups in total. The van der Waals surface area contributed by atoms with E-state index in [-0.39, 0.29) is 23.9 Å². The van der Waals surface area contributed by atoms with Crippen LogP contribution in [-0.4, -0.2) is 42.0 Å². The third-order valence-corrected chi connectivity index (χ3v) is 6.52. The van der Waals surface area contributed by atoms with Gasteiger partial charge in [-0.25, -0.2) is 4.79 Å². The molecule has 2 saturated carbocycles. The Morgan fingerprint density at radius 3 is 2.12 bits per heavy atom. The van der Waals surface area contributed by atoms with E-state index in [2.05, 4.69) is 17.6 Å². The van der Waals surface area contributed by atoms with Gasteiger partial charge in [-0.1, -0.05) is 39.0 Å². The zero-order valence-electron chi connectivity index (χ0n) is 15.8. The second-order valence-electron chi connectivity index (χ2n) is 8.42. The number of piperidine rings is 1. The molecule has 1 saturated heterocycles. The van der Waals surface area contributed by atoms with Crippen LogP contribution < -0.4 is 10.6 Å². The van der Waals surface area contributed by atoms with Crippen molar-refractivity contribution in [2.75, 3.05) is 13.1 Å². The molecule has 1 heterocycles. The molecular weight excluding hydrogens is 314 g/mol. The van der Waals surface area contributed by atoms with Gasteiger partial charge in [0.05, 0.1) is 0 Å². The summed E-state index contributed by atoms with van der Waals surface area (Å²) in [6.45, 7) is 3.75. The van der Waals surface area contributed by atoms with Gasteiger partial charge in [0, 0.05) is 31.1 Å². The Bertz CT molecular complexity index is 454. The number of nitrogens with zero attached hydrogens (tertiary/aromatic N) is 1. The highest BCUT2D eigenvalue weighted by Gasteiger charge is 2.29. The van der Waals surface area contributed by atoms with Crippen molar-refractivity contribution in [1.82, 2.24) is 15.5 Å². The summed E-state index contributed by atoms with van der Waals surface area (Å²) in [5.74, 6) is 1.06. The zero-order valence-corrected chi connectivity index (χ0v) is 15.8. The van der Waals surface area contributed by atoms with E-state index in [1.54, 1.807) is 0 Å². The van der Waals surface area contributed by atoms with Crippen LogP contribution in [0.3, 0.4) is 0 Å². The van der Waals surface area contributed by atoms with Crippen molar-refractivity contribution in [2.24, 2.45) is 11.8 Å². The Labute approximate surface area is 152 Å². The summed E-state index contributed by atoms with van der Waals surface area (Å²) in [7, 11) is 0. The first-order valence-corrected chi connectivity index (χ1v) is 10.5. The van der Waals surface area contributed by atoms with E-state index in [9.17, 15) is 9.59 Å². The Morgan fingerprint density at radius 1 is 0.800 bits per heavy atom. The molecule has 0 aromatic rings. The summed E-state index contributed by atoms with van der Waals surface area (Å²) in [6, 6.07) is 0.674. The first-order valence-electron chi connectivity index (χ1n) is 10.5. The quantitative estimate of drug-likeness (QED) is 0.820. The molecule has 25 heavy (non-hydrogen) atoms. The lowest BCUT2D eigenvalue weighted by Crippen LogP contribution is -2.53. The van der Waals surface area contributed by atoms with Gasteiger partial charge in [-0.2, -0.15) is 0 Å². The Hall–Kier alpha value is -1.26. The van der Waals surface area contributed by atoms with Gasteiger partial charge >= 0.3 is 6.03 Å². The standard InChI is InChI=1S/C20H35N3O2/c1-15-7-5-6-10-18(15)22-20(25)23-13-11-17(12-14-23)21-19(24)16-8-3-2-4-9-16/h15-18H,2-14H2,1H3,(H,21,24)(H,22,25). The van der Waals surface area contributed by atoms with Crippen molar-refractivity contribution in [3.8, 4) is 0 Å². The molecule has 3 rings (SSSR count). The maximum absolute atomic E-state index is 12.5. The van der Waals surface area contributed by atoms with Crippen LogP contribution in [0, 0.1) is 11.8 Å². The zero-order chi connectivity index (χ0) is 17.6. The summed E-state index contributed by atoms with van der Waals surface area (Å²) < 4.78 is 0. The average Bonchev–Trinajstić information content (AvgIpc) is 2.65. The van der Waals surface area contributed by atoms with Gasteiger partial charge in [0.1, 0.15) is 0 Å². The molecule has 3 aliphatic rings. The highest BCUT2D eigenvalue weighted by Crippen LogP contribution is 2.25. The fourth-order valence-corrected chi connectivity index (χ4v) is 4.69. The first-order chi connectivity index (χ1) is 12.1. The van der Waals surface area contributed by atoms with Crippen LogP contribution in [0.2, 0.25) is 0 Å². The van der Waals surface area contributed by atoms with Gasteiger partial charge in [0.2, 0.25) is 5.91 Å². The molecule has 0 spiro atoms. The predicted octanol–water partition coefficient (Wildman–Crippen LogP) is 3.44. The van der Waals surface area contributed by atoms with Crippen LogP contribution in [0.1, 0.15) is 77.6 Å². The summed E-state index contributed by atoms with van der Waals surface area (Å²) in [5, 5.41) is 6.48. The number of nitrogens with one attached hydrogen (secondary N) is 2. The third-order valence-electron chi connectivity index (χ3n) is 6.52. The molecule has 0 bridgehead atoms. The van der Waals surface area contributed by atoms with Crippen LogP contribution in [0.4, 0.5) is 4.79 Å². The number of carbonyl (C=O) groups is 2. The molecule has 142 valence electrons. The smallest absolute Gasteiger partial charge is 0.317 e. The van der Waals surface area contributed by atoms with Crippen LogP contribution >= 0.6 is 0 Å². The Balaban J connectivity index is 1.39. The lowest BCUT2D eigenvalue weighted by Gasteiger charge is -2.36. The summed E-state index contributed by atoms with van der Waals surface area (Å²) in [4.78, 5) is 26.8. The normalized spacial score (nSPS) is 29.2. The van der Waals surface area contributed by atoms with Crippen LogP contribution in [0.25, 0.3) is 0 Å². The van der Waals surface area contributed by atoms with Crippen LogP contribution in [0.15, 0.2) is 0 Å². The van der Waals surface area contributed by atoms with Crippen molar-refractivity contribution < 1.29 is 9.59 Å². The highest BCUT2D eigenvalue weighted by molar-refractivity contribution is 5.79.